The van der Waals surface area contributed by atoms with Crippen molar-refractivity contribution in [1.29, 1.82) is 0 Å². The molecule has 0 saturated carbocycles. The minimum atomic E-state index is 0.655. The van der Waals surface area contributed by atoms with E-state index in [9.17, 15) is 0 Å². The number of unbranched alkanes of at least 4 members (excludes halogenated alkanes) is 2. The number of nitrogens with zero attached hydrogens (tertiary/aromatic N) is 1. The molecule has 1 N–H and O–H groups in total. The summed E-state index contributed by atoms with van der Waals surface area (Å²) in [6, 6.07) is 2.86. The number of thiophene rings is 1. The van der Waals surface area contributed by atoms with E-state index in [0.29, 0.717) is 6.04 Å². The monoisotopic (exact) mass is 282 g/mol. The summed E-state index contributed by atoms with van der Waals surface area (Å²) in [5.41, 5.74) is 1.42. The Hall–Kier alpha value is -0.380. The van der Waals surface area contributed by atoms with Crippen LogP contribution in [0.5, 0.6) is 0 Å². The molecule has 110 valence electrons. The topological polar surface area (TPSA) is 15.3 Å². The van der Waals surface area contributed by atoms with Gasteiger partial charge in [0.05, 0.1) is 0 Å². The Labute approximate surface area is 123 Å². The van der Waals surface area contributed by atoms with E-state index in [4.69, 9.17) is 0 Å². The van der Waals surface area contributed by atoms with E-state index in [1.165, 1.54) is 36.2 Å². The molecule has 1 aromatic rings. The first-order valence-electron chi connectivity index (χ1n) is 7.62. The standard InChI is InChI=1S/C16H30N2S/c1-5-6-7-10-18(14(2)3)11-9-17-13-16-15(4)8-12-19-16/h8,12,14,17H,5-7,9-11,13H2,1-4H3. The summed E-state index contributed by atoms with van der Waals surface area (Å²) in [7, 11) is 0. The van der Waals surface area contributed by atoms with Crippen LogP contribution in [0.3, 0.4) is 0 Å². The molecule has 0 radical (unpaired) electrons. The SMILES string of the molecule is CCCCCN(CCNCc1sccc1C)C(C)C. The molecule has 0 unspecified atom stereocenters. The maximum atomic E-state index is 3.57. The highest BCUT2D eigenvalue weighted by Crippen LogP contribution is 2.14. The number of hydrogen-bond donors (Lipinski definition) is 1. The van der Waals surface area contributed by atoms with E-state index in [2.05, 4.69) is 49.4 Å². The molecule has 0 aliphatic heterocycles. The number of hydrogen-bond acceptors (Lipinski definition) is 3. The molecule has 0 aliphatic rings. The Balaban J connectivity index is 2.19. The van der Waals surface area contributed by atoms with Crippen LogP contribution in [0.4, 0.5) is 0 Å². The van der Waals surface area contributed by atoms with E-state index in [0.717, 1.165) is 19.6 Å². The van der Waals surface area contributed by atoms with Crippen LogP contribution in [0, 0.1) is 6.92 Å². The maximum Gasteiger partial charge on any atom is 0.0302 e. The van der Waals surface area contributed by atoms with Crippen LogP contribution < -0.4 is 5.32 Å². The molecule has 19 heavy (non-hydrogen) atoms. The zero-order valence-electron chi connectivity index (χ0n) is 13.0. The first-order valence-corrected chi connectivity index (χ1v) is 8.50. The van der Waals surface area contributed by atoms with Crippen LogP contribution in [0.1, 0.15) is 50.5 Å². The molecule has 1 rings (SSSR count). The van der Waals surface area contributed by atoms with E-state index >= 15 is 0 Å². The third-order valence-corrected chi connectivity index (χ3v) is 4.63. The van der Waals surface area contributed by atoms with Crippen molar-refractivity contribution in [2.45, 2.75) is 59.5 Å². The lowest BCUT2D eigenvalue weighted by molar-refractivity contribution is 0.217. The fourth-order valence-electron chi connectivity index (χ4n) is 2.20. The summed E-state index contributed by atoms with van der Waals surface area (Å²) >= 11 is 1.86. The zero-order valence-corrected chi connectivity index (χ0v) is 13.9. The van der Waals surface area contributed by atoms with Crippen LogP contribution >= 0.6 is 11.3 Å². The third-order valence-electron chi connectivity index (χ3n) is 3.61. The number of nitrogens with one attached hydrogen (secondary N) is 1. The average molecular weight is 282 g/mol. The molecule has 0 bridgehead atoms. The van der Waals surface area contributed by atoms with Gasteiger partial charge < -0.3 is 5.32 Å². The lowest BCUT2D eigenvalue weighted by Gasteiger charge is -2.26. The first kappa shape index (κ1) is 16.7. The Morgan fingerprint density at radius 1 is 1.26 bits per heavy atom. The van der Waals surface area contributed by atoms with Crippen molar-refractivity contribution in [2.24, 2.45) is 0 Å². The highest BCUT2D eigenvalue weighted by atomic mass is 32.1. The molecular weight excluding hydrogens is 252 g/mol. The van der Waals surface area contributed by atoms with Crippen molar-refractivity contribution in [1.82, 2.24) is 10.2 Å². The fourth-order valence-corrected chi connectivity index (χ4v) is 3.08. The average Bonchev–Trinajstić information content (AvgIpc) is 2.78. The predicted octanol–water partition coefficient (Wildman–Crippen LogP) is 4.05. The van der Waals surface area contributed by atoms with Gasteiger partial charge in [-0.2, -0.15) is 0 Å². The van der Waals surface area contributed by atoms with Crippen LogP contribution in [-0.4, -0.2) is 30.6 Å². The summed E-state index contributed by atoms with van der Waals surface area (Å²) in [5, 5.41) is 5.75. The Morgan fingerprint density at radius 3 is 2.63 bits per heavy atom. The lowest BCUT2D eigenvalue weighted by atomic mass is 10.2. The maximum absolute atomic E-state index is 3.57. The molecule has 0 saturated heterocycles. The second-order valence-corrected chi connectivity index (χ2v) is 6.54. The van der Waals surface area contributed by atoms with Gasteiger partial charge in [0.25, 0.3) is 0 Å². The molecule has 1 heterocycles. The largest absolute Gasteiger partial charge is 0.311 e. The quantitative estimate of drug-likeness (QED) is 0.651. The molecule has 2 nitrogen and oxygen atoms in total. The van der Waals surface area contributed by atoms with Gasteiger partial charge in [0.15, 0.2) is 0 Å². The van der Waals surface area contributed by atoms with E-state index in [1.54, 1.807) is 0 Å². The number of aryl methyl sites for hydroxylation is 1. The molecule has 1 aromatic heterocycles. The van der Waals surface area contributed by atoms with Crippen molar-refractivity contribution in [3.8, 4) is 0 Å². The van der Waals surface area contributed by atoms with Gasteiger partial charge in [-0.3, -0.25) is 4.90 Å². The highest BCUT2D eigenvalue weighted by molar-refractivity contribution is 7.10. The van der Waals surface area contributed by atoms with Crippen molar-refractivity contribution in [2.75, 3.05) is 19.6 Å². The summed E-state index contributed by atoms with van der Waals surface area (Å²) in [4.78, 5) is 4.06. The minimum absolute atomic E-state index is 0.655. The first-order chi connectivity index (χ1) is 9.15. The van der Waals surface area contributed by atoms with Crippen LogP contribution in [-0.2, 0) is 6.54 Å². The lowest BCUT2D eigenvalue weighted by Crippen LogP contribution is -2.37. The third kappa shape index (κ3) is 6.55. The Kier molecular flexibility index (Phi) is 8.35. The summed E-state index contributed by atoms with van der Waals surface area (Å²) < 4.78 is 0. The Bertz CT molecular complexity index is 333. The summed E-state index contributed by atoms with van der Waals surface area (Å²) in [6.07, 6.45) is 3.99. The zero-order chi connectivity index (χ0) is 14.1. The van der Waals surface area contributed by atoms with Gasteiger partial charge in [-0.15, -0.1) is 11.3 Å². The smallest absolute Gasteiger partial charge is 0.0302 e. The molecule has 0 atom stereocenters. The Morgan fingerprint density at radius 2 is 2.05 bits per heavy atom. The molecule has 0 spiro atoms. The molecule has 0 aromatic carbocycles. The second-order valence-electron chi connectivity index (χ2n) is 5.54. The van der Waals surface area contributed by atoms with Gasteiger partial charge in [-0.25, -0.2) is 0 Å². The van der Waals surface area contributed by atoms with Gasteiger partial charge in [0.1, 0.15) is 0 Å². The molecule has 0 aliphatic carbocycles. The summed E-state index contributed by atoms with van der Waals surface area (Å²) in [6.45, 7) is 13.6. The number of rotatable bonds is 10. The fraction of sp³-hybridized carbons (Fsp3) is 0.750. The predicted molar refractivity (Wildman–Crippen MR) is 87.0 cm³/mol. The van der Waals surface area contributed by atoms with Crippen LogP contribution in [0.25, 0.3) is 0 Å². The van der Waals surface area contributed by atoms with Crippen molar-refractivity contribution < 1.29 is 0 Å². The van der Waals surface area contributed by atoms with Gasteiger partial charge in [0.2, 0.25) is 0 Å². The minimum Gasteiger partial charge on any atom is -0.311 e. The van der Waals surface area contributed by atoms with E-state index < -0.39 is 0 Å². The normalized spacial score (nSPS) is 11.7. The molecular formula is C16H30N2S. The van der Waals surface area contributed by atoms with Gasteiger partial charge >= 0.3 is 0 Å². The van der Waals surface area contributed by atoms with E-state index in [-0.39, 0.29) is 0 Å². The van der Waals surface area contributed by atoms with Crippen LogP contribution in [0.15, 0.2) is 11.4 Å². The van der Waals surface area contributed by atoms with Gasteiger partial charge in [0, 0.05) is 30.6 Å². The molecule has 0 fully saturated rings. The van der Waals surface area contributed by atoms with Gasteiger partial charge in [-0.1, -0.05) is 19.8 Å². The van der Waals surface area contributed by atoms with Crippen molar-refractivity contribution in [3.63, 3.8) is 0 Å². The second kappa shape index (κ2) is 9.51. The highest BCUT2D eigenvalue weighted by Gasteiger charge is 2.08. The molecule has 0 amide bonds. The van der Waals surface area contributed by atoms with Crippen molar-refractivity contribution >= 4 is 11.3 Å². The summed E-state index contributed by atoms with van der Waals surface area (Å²) in [5.74, 6) is 0. The van der Waals surface area contributed by atoms with E-state index in [1.807, 2.05) is 11.3 Å². The van der Waals surface area contributed by atoms with Crippen molar-refractivity contribution in [3.05, 3.63) is 21.9 Å². The van der Waals surface area contributed by atoms with Crippen LogP contribution in [0.2, 0.25) is 0 Å². The van der Waals surface area contributed by atoms with Gasteiger partial charge in [-0.05, 0) is 50.7 Å². The molecule has 3 heteroatoms.